The average molecular weight is 315 g/mol. The van der Waals surface area contributed by atoms with Gasteiger partial charge in [-0.3, -0.25) is 5.10 Å². The van der Waals surface area contributed by atoms with Crippen molar-refractivity contribution in [2.45, 2.75) is 51.9 Å². The Kier molecular flexibility index (Phi) is 5.55. The smallest absolute Gasteiger partial charge is 0.117 e. The van der Waals surface area contributed by atoms with Crippen LogP contribution in [0.2, 0.25) is 0 Å². The number of nitrogens with zero attached hydrogens (tertiary/aromatic N) is 2. The number of fused-ring (bicyclic) bond motifs is 1. The zero-order valence-corrected chi connectivity index (χ0v) is 14.2. The van der Waals surface area contributed by atoms with Crippen molar-refractivity contribution in [3.05, 3.63) is 23.9 Å². The van der Waals surface area contributed by atoms with Crippen molar-refractivity contribution < 1.29 is 5.11 Å². The Hall–Kier alpha value is -1.55. The molecule has 1 saturated heterocycles. The van der Waals surface area contributed by atoms with Crippen LogP contribution >= 0.6 is 0 Å². The Morgan fingerprint density at radius 1 is 1.26 bits per heavy atom. The summed E-state index contributed by atoms with van der Waals surface area (Å²) in [5, 5.41) is 18.1. The first-order chi connectivity index (χ1) is 11.3. The number of rotatable bonds is 7. The van der Waals surface area contributed by atoms with Crippen molar-refractivity contribution in [2.75, 3.05) is 19.6 Å². The number of hydrogen-bond acceptors (Lipinski definition) is 3. The van der Waals surface area contributed by atoms with Gasteiger partial charge in [0.1, 0.15) is 5.75 Å². The van der Waals surface area contributed by atoms with Crippen molar-refractivity contribution in [2.24, 2.45) is 5.92 Å². The fraction of sp³-hybridized carbons (Fsp3) is 0.632. The third-order valence-corrected chi connectivity index (χ3v) is 5.19. The number of phenolic OH excluding ortho intramolecular Hbond substituents is 1. The van der Waals surface area contributed by atoms with E-state index in [9.17, 15) is 5.11 Å². The summed E-state index contributed by atoms with van der Waals surface area (Å²) in [5.74, 6) is 1.25. The number of aryl methyl sites for hydroxylation is 1. The summed E-state index contributed by atoms with van der Waals surface area (Å²) in [6.07, 6.45) is 9.11. The molecule has 0 aliphatic carbocycles. The Labute approximate surface area is 138 Å². The lowest BCUT2D eigenvalue weighted by Gasteiger charge is -2.31. The largest absolute Gasteiger partial charge is 0.508 e. The topological polar surface area (TPSA) is 52.2 Å². The number of benzene rings is 1. The Balaban J connectivity index is 1.43. The number of phenols is 1. The maximum Gasteiger partial charge on any atom is 0.117 e. The second-order valence-electron chi connectivity index (χ2n) is 6.93. The molecule has 3 rings (SSSR count). The second-order valence-corrected chi connectivity index (χ2v) is 6.93. The van der Waals surface area contributed by atoms with E-state index < -0.39 is 0 Å². The van der Waals surface area contributed by atoms with Crippen LogP contribution < -0.4 is 0 Å². The van der Waals surface area contributed by atoms with E-state index >= 15 is 0 Å². The van der Waals surface area contributed by atoms with E-state index in [0.717, 1.165) is 29.7 Å². The SMILES string of the molecule is CCCCC1CCN(CCCc2[nH]nc3cc(O)ccc23)CC1. The number of H-pyrrole nitrogens is 1. The van der Waals surface area contributed by atoms with Crippen molar-refractivity contribution in [3.8, 4) is 5.75 Å². The molecule has 1 aliphatic heterocycles. The molecule has 0 saturated carbocycles. The van der Waals surface area contributed by atoms with Crippen LogP contribution in [0.1, 0.15) is 51.1 Å². The van der Waals surface area contributed by atoms with E-state index in [0.29, 0.717) is 0 Å². The van der Waals surface area contributed by atoms with Gasteiger partial charge in [0.25, 0.3) is 0 Å². The number of hydrogen-bond donors (Lipinski definition) is 2. The molecule has 126 valence electrons. The van der Waals surface area contributed by atoms with Gasteiger partial charge in [0.2, 0.25) is 0 Å². The summed E-state index contributed by atoms with van der Waals surface area (Å²) in [6.45, 7) is 6.01. The summed E-state index contributed by atoms with van der Waals surface area (Å²) in [4.78, 5) is 2.62. The number of nitrogens with one attached hydrogen (secondary N) is 1. The summed E-state index contributed by atoms with van der Waals surface area (Å²) in [7, 11) is 0. The minimum absolute atomic E-state index is 0.279. The van der Waals surface area contributed by atoms with Crippen LogP contribution in [0.25, 0.3) is 10.9 Å². The maximum absolute atomic E-state index is 9.50. The standard InChI is InChI=1S/C19H29N3O/c1-2-3-5-15-9-12-22(13-10-15)11-4-6-18-17-8-7-16(23)14-19(17)21-20-18/h7-8,14-15,23H,2-6,9-13H2,1H3,(H,20,21). The van der Waals surface area contributed by atoms with Gasteiger partial charge in [-0.25, -0.2) is 0 Å². The molecule has 0 bridgehead atoms. The quantitative estimate of drug-likeness (QED) is 0.808. The minimum Gasteiger partial charge on any atom is -0.508 e. The van der Waals surface area contributed by atoms with Gasteiger partial charge in [0, 0.05) is 17.1 Å². The van der Waals surface area contributed by atoms with Gasteiger partial charge in [0.05, 0.1) is 5.52 Å². The van der Waals surface area contributed by atoms with E-state index in [1.807, 2.05) is 6.07 Å². The highest BCUT2D eigenvalue weighted by Gasteiger charge is 2.18. The molecule has 0 unspecified atom stereocenters. The van der Waals surface area contributed by atoms with E-state index in [1.165, 1.54) is 57.4 Å². The molecule has 4 heteroatoms. The fourth-order valence-electron chi connectivity index (χ4n) is 3.72. The second kappa shape index (κ2) is 7.82. The minimum atomic E-state index is 0.279. The molecule has 1 aromatic heterocycles. The predicted molar refractivity (Wildman–Crippen MR) is 94.8 cm³/mol. The van der Waals surface area contributed by atoms with Crippen LogP contribution in [0.3, 0.4) is 0 Å². The Bertz CT molecular complexity index is 614. The number of piperidine rings is 1. The monoisotopic (exact) mass is 315 g/mol. The van der Waals surface area contributed by atoms with Crippen molar-refractivity contribution >= 4 is 10.9 Å². The zero-order valence-electron chi connectivity index (χ0n) is 14.2. The van der Waals surface area contributed by atoms with E-state index in [4.69, 9.17) is 0 Å². The van der Waals surface area contributed by atoms with Crippen molar-refractivity contribution in [3.63, 3.8) is 0 Å². The maximum atomic E-state index is 9.50. The highest BCUT2D eigenvalue weighted by atomic mass is 16.3. The highest BCUT2D eigenvalue weighted by Crippen LogP contribution is 2.24. The van der Waals surface area contributed by atoms with E-state index in [-0.39, 0.29) is 5.75 Å². The molecule has 0 amide bonds. The fourth-order valence-corrected chi connectivity index (χ4v) is 3.72. The Morgan fingerprint density at radius 3 is 2.87 bits per heavy atom. The number of aromatic nitrogens is 2. The Morgan fingerprint density at radius 2 is 2.09 bits per heavy atom. The van der Waals surface area contributed by atoms with Crippen LogP contribution in [-0.4, -0.2) is 39.8 Å². The third-order valence-electron chi connectivity index (χ3n) is 5.19. The predicted octanol–water partition coefficient (Wildman–Crippen LogP) is 4.10. The van der Waals surface area contributed by atoms with Crippen molar-refractivity contribution in [1.29, 1.82) is 0 Å². The van der Waals surface area contributed by atoms with Crippen LogP contribution in [0.15, 0.2) is 18.2 Å². The molecule has 1 aromatic carbocycles. The molecular formula is C19H29N3O. The van der Waals surface area contributed by atoms with Crippen LogP contribution in [-0.2, 0) is 6.42 Å². The summed E-state index contributed by atoms with van der Waals surface area (Å²) < 4.78 is 0. The lowest BCUT2D eigenvalue weighted by Crippen LogP contribution is -2.34. The first kappa shape index (κ1) is 16.3. The summed E-state index contributed by atoms with van der Waals surface area (Å²) in [5.41, 5.74) is 2.05. The molecule has 2 N–H and O–H groups in total. The molecule has 1 aliphatic rings. The molecule has 2 heterocycles. The molecule has 1 fully saturated rings. The molecule has 23 heavy (non-hydrogen) atoms. The molecule has 0 atom stereocenters. The van der Waals surface area contributed by atoms with Gasteiger partial charge in [-0.2, -0.15) is 5.10 Å². The summed E-state index contributed by atoms with van der Waals surface area (Å²) >= 11 is 0. The van der Waals surface area contributed by atoms with Crippen LogP contribution in [0.5, 0.6) is 5.75 Å². The summed E-state index contributed by atoms with van der Waals surface area (Å²) in [6, 6.07) is 5.42. The van der Waals surface area contributed by atoms with E-state index in [1.54, 1.807) is 12.1 Å². The first-order valence-electron chi connectivity index (χ1n) is 9.14. The van der Waals surface area contributed by atoms with Gasteiger partial charge in [-0.1, -0.05) is 26.2 Å². The number of unbranched alkanes of at least 4 members (excludes halogenated alkanes) is 1. The zero-order chi connectivity index (χ0) is 16.1. The lowest BCUT2D eigenvalue weighted by molar-refractivity contribution is 0.176. The van der Waals surface area contributed by atoms with Crippen molar-refractivity contribution in [1.82, 2.24) is 15.1 Å². The average Bonchev–Trinajstić information content (AvgIpc) is 2.96. The molecular weight excluding hydrogens is 286 g/mol. The number of aromatic hydroxyl groups is 1. The third kappa shape index (κ3) is 4.25. The highest BCUT2D eigenvalue weighted by molar-refractivity contribution is 5.82. The van der Waals surface area contributed by atoms with Gasteiger partial charge >= 0.3 is 0 Å². The molecule has 2 aromatic rings. The van der Waals surface area contributed by atoms with Gasteiger partial charge in [-0.05, 0) is 63.4 Å². The van der Waals surface area contributed by atoms with Gasteiger partial charge in [-0.15, -0.1) is 0 Å². The van der Waals surface area contributed by atoms with Gasteiger partial charge < -0.3 is 10.0 Å². The van der Waals surface area contributed by atoms with Crippen LogP contribution in [0, 0.1) is 5.92 Å². The van der Waals surface area contributed by atoms with E-state index in [2.05, 4.69) is 22.0 Å². The van der Waals surface area contributed by atoms with Gasteiger partial charge in [0.15, 0.2) is 0 Å². The first-order valence-corrected chi connectivity index (χ1v) is 9.14. The molecule has 0 spiro atoms. The number of aromatic amines is 1. The number of likely N-dealkylation sites (tertiary alicyclic amines) is 1. The molecule has 0 radical (unpaired) electrons. The lowest BCUT2D eigenvalue weighted by atomic mass is 9.91. The van der Waals surface area contributed by atoms with Crippen LogP contribution in [0.4, 0.5) is 0 Å². The molecule has 4 nitrogen and oxygen atoms in total. The normalized spacial score (nSPS) is 17.1.